The Kier molecular flexibility index (Phi) is 2.38. The van der Waals surface area contributed by atoms with Crippen molar-refractivity contribution in [3.05, 3.63) is 11.9 Å². The van der Waals surface area contributed by atoms with Crippen molar-refractivity contribution in [2.24, 2.45) is 0 Å². The zero-order valence-electron chi connectivity index (χ0n) is 6.39. The number of rotatable bonds is 2. The predicted molar refractivity (Wildman–Crippen MR) is 36.8 cm³/mol. The fourth-order valence-electron chi connectivity index (χ4n) is 0.624. The number of esters is 1. The fourth-order valence-corrected chi connectivity index (χ4v) is 0.624. The molecular weight excluding hydrogens is 160 g/mol. The monoisotopic (exact) mass is 166 g/mol. The van der Waals surface area contributed by atoms with Gasteiger partial charge in [-0.25, -0.2) is 4.68 Å². The highest BCUT2D eigenvalue weighted by Gasteiger charge is 2.04. The molecule has 0 N–H and O–H groups in total. The molecule has 12 heavy (non-hydrogen) atoms. The molecule has 1 rings (SSSR count). The molecule has 0 radical (unpaired) electrons. The van der Waals surface area contributed by atoms with Crippen molar-refractivity contribution in [1.82, 2.24) is 15.0 Å². The van der Waals surface area contributed by atoms with Crippen LogP contribution in [0.15, 0.2) is 6.20 Å². The van der Waals surface area contributed by atoms with E-state index >= 15 is 0 Å². The summed E-state index contributed by atoms with van der Waals surface area (Å²) in [5, 5.41) is 15.3. The van der Waals surface area contributed by atoms with Crippen LogP contribution in [-0.2, 0) is 16.1 Å². The maximum atomic E-state index is 10.7. The van der Waals surface area contributed by atoms with Crippen molar-refractivity contribution in [3.63, 3.8) is 0 Å². The summed E-state index contributed by atoms with van der Waals surface area (Å²) in [5.74, 6) is -0.426. The summed E-state index contributed by atoms with van der Waals surface area (Å²) in [4.78, 5) is 10.7. The summed E-state index contributed by atoms with van der Waals surface area (Å²) in [6.45, 7) is -0.0226. The van der Waals surface area contributed by atoms with Crippen molar-refractivity contribution in [3.8, 4) is 6.07 Å². The number of methoxy groups -OCH3 is 1. The van der Waals surface area contributed by atoms with E-state index in [4.69, 9.17) is 5.26 Å². The van der Waals surface area contributed by atoms with Gasteiger partial charge in [-0.3, -0.25) is 4.79 Å². The molecule has 1 aromatic rings. The van der Waals surface area contributed by atoms with Gasteiger partial charge in [-0.15, -0.1) is 5.10 Å². The van der Waals surface area contributed by atoms with E-state index in [2.05, 4.69) is 15.0 Å². The molecule has 1 heterocycles. The number of carbonyl (C=O) groups is 1. The number of nitriles is 1. The van der Waals surface area contributed by atoms with Gasteiger partial charge in [0.15, 0.2) is 5.69 Å². The lowest BCUT2D eigenvalue weighted by Gasteiger charge is -1.95. The van der Waals surface area contributed by atoms with Crippen molar-refractivity contribution < 1.29 is 9.53 Å². The minimum Gasteiger partial charge on any atom is -0.468 e. The maximum absolute atomic E-state index is 10.7. The summed E-state index contributed by atoms with van der Waals surface area (Å²) >= 11 is 0. The first-order valence-corrected chi connectivity index (χ1v) is 3.13. The zero-order chi connectivity index (χ0) is 8.97. The van der Waals surface area contributed by atoms with Crippen LogP contribution in [0, 0.1) is 11.3 Å². The summed E-state index contributed by atoms with van der Waals surface area (Å²) in [6, 6.07) is 1.79. The van der Waals surface area contributed by atoms with Gasteiger partial charge in [0.05, 0.1) is 13.3 Å². The topological polar surface area (TPSA) is 80.8 Å². The van der Waals surface area contributed by atoms with Crippen LogP contribution in [0.1, 0.15) is 5.69 Å². The third kappa shape index (κ3) is 1.79. The third-order valence-corrected chi connectivity index (χ3v) is 1.17. The highest BCUT2D eigenvalue weighted by molar-refractivity contribution is 5.68. The van der Waals surface area contributed by atoms with E-state index in [-0.39, 0.29) is 12.2 Å². The van der Waals surface area contributed by atoms with E-state index < -0.39 is 5.97 Å². The van der Waals surface area contributed by atoms with Crippen LogP contribution in [0.3, 0.4) is 0 Å². The molecule has 0 saturated carbocycles. The Morgan fingerprint density at radius 2 is 2.67 bits per heavy atom. The predicted octanol–water partition coefficient (Wildman–Crippen LogP) is -0.677. The van der Waals surface area contributed by atoms with E-state index in [0.717, 1.165) is 0 Å². The minimum atomic E-state index is -0.426. The SMILES string of the molecule is COC(=O)Cn1cc(C#N)nn1. The highest BCUT2D eigenvalue weighted by Crippen LogP contribution is 1.90. The molecule has 1 aromatic heterocycles. The second kappa shape index (κ2) is 3.48. The summed E-state index contributed by atoms with van der Waals surface area (Å²) in [5.41, 5.74) is 0.180. The molecular formula is C6H6N4O2. The van der Waals surface area contributed by atoms with Crippen LogP contribution in [0.2, 0.25) is 0 Å². The number of nitrogens with zero attached hydrogens (tertiary/aromatic N) is 4. The van der Waals surface area contributed by atoms with E-state index in [1.165, 1.54) is 18.0 Å². The maximum Gasteiger partial charge on any atom is 0.327 e. The van der Waals surface area contributed by atoms with Gasteiger partial charge in [0.1, 0.15) is 12.6 Å². The van der Waals surface area contributed by atoms with Gasteiger partial charge >= 0.3 is 5.97 Å². The summed E-state index contributed by atoms with van der Waals surface area (Å²) < 4.78 is 5.63. The lowest BCUT2D eigenvalue weighted by Crippen LogP contribution is -2.11. The highest BCUT2D eigenvalue weighted by atomic mass is 16.5. The Morgan fingerprint density at radius 3 is 3.17 bits per heavy atom. The molecule has 0 unspecified atom stereocenters. The molecule has 0 saturated heterocycles. The van der Waals surface area contributed by atoms with E-state index in [1.807, 2.05) is 0 Å². The number of ether oxygens (including phenoxy) is 1. The molecule has 6 nitrogen and oxygen atoms in total. The number of aromatic nitrogens is 3. The average molecular weight is 166 g/mol. The molecule has 0 aliphatic rings. The molecule has 0 aliphatic heterocycles. The Balaban J connectivity index is 2.65. The fraction of sp³-hybridized carbons (Fsp3) is 0.333. The first-order chi connectivity index (χ1) is 5.76. The summed E-state index contributed by atoms with van der Waals surface area (Å²) in [7, 11) is 1.28. The van der Waals surface area contributed by atoms with Crippen molar-refractivity contribution in [2.45, 2.75) is 6.54 Å². The van der Waals surface area contributed by atoms with Gasteiger partial charge < -0.3 is 4.74 Å². The lowest BCUT2D eigenvalue weighted by molar-refractivity contribution is -0.141. The minimum absolute atomic E-state index is 0.0226. The second-order valence-electron chi connectivity index (χ2n) is 1.99. The lowest BCUT2D eigenvalue weighted by atomic mass is 10.5. The molecule has 0 atom stereocenters. The Labute approximate surface area is 68.4 Å². The molecule has 0 aromatic carbocycles. The van der Waals surface area contributed by atoms with Gasteiger partial charge in [-0.1, -0.05) is 5.21 Å². The first kappa shape index (κ1) is 8.20. The molecule has 0 aliphatic carbocycles. The Hall–Kier alpha value is -1.90. The van der Waals surface area contributed by atoms with Gasteiger partial charge in [0, 0.05) is 0 Å². The molecule has 0 bridgehead atoms. The molecule has 6 heteroatoms. The zero-order valence-corrected chi connectivity index (χ0v) is 6.39. The van der Waals surface area contributed by atoms with Crippen molar-refractivity contribution >= 4 is 5.97 Å². The van der Waals surface area contributed by atoms with Crippen LogP contribution >= 0.6 is 0 Å². The Bertz CT molecular complexity index is 325. The summed E-state index contributed by atoms with van der Waals surface area (Å²) in [6.07, 6.45) is 1.37. The molecule has 0 amide bonds. The van der Waals surface area contributed by atoms with Crippen LogP contribution in [-0.4, -0.2) is 28.1 Å². The average Bonchev–Trinajstić information content (AvgIpc) is 2.52. The van der Waals surface area contributed by atoms with Gasteiger partial charge in [0.2, 0.25) is 0 Å². The number of carbonyl (C=O) groups excluding carboxylic acids is 1. The van der Waals surface area contributed by atoms with Crippen LogP contribution in [0.25, 0.3) is 0 Å². The van der Waals surface area contributed by atoms with E-state index in [0.29, 0.717) is 0 Å². The van der Waals surface area contributed by atoms with Crippen molar-refractivity contribution in [1.29, 1.82) is 5.26 Å². The Morgan fingerprint density at radius 1 is 1.92 bits per heavy atom. The largest absolute Gasteiger partial charge is 0.468 e. The van der Waals surface area contributed by atoms with E-state index in [1.54, 1.807) is 6.07 Å². The van der Waals surface area contributed by atoms with Crippen molar-refractivity contribution in [2.75, 3.05) is 7.11 Å². The third-order valence-electron chi connectivity index (χ3n) is 1.17. The quantitative estimate of drug-likeness (QED) is 0.544. The standard InChI is InChI=1S/C6H6N4O2/c1-12-6(11)4-10-3-5(2-7)8-9-10/h3H,4H2,1H3. The molecule has 0 spiro atoms. The normalized spacial score (nSPS) is 9.00. The van der Waals surface area contributed by atoms with Gasteiger partial charge in [-0.05, 0) is 0 Å². The van der Waals surface area contributed by atoms with Gasteiger partial charge in [0.25, 0.3) is 0 Å². The second-order valence-corrected chi connectivity index (χ2v) is 1.99. The number of hydrogen-bond donors (Lipinski definition) is 0. The van der Waals surface area contributed by atoms with Gasteiger partial charge in [-0.2, -0.15) is 5.26 Å². The van der Waals surface area contributed by atoms with Crippen LogP contribution in [0.4, 0.5) is 0 Å². The van der Waals surface area contributed by atoms with Crippen LogP contribution < -0.4 is 0 Å². The smallest absolute Gasteiger partial charge is 0.327 e. The first-order valence-electron chi connectivity index (χ1n) is 3.13. The van der Waals surface area contributed by atoms with Crippen LogP contribution in [0.5, 0.6) is 0 Å². The van der Waals surface area contributed by atoms with E-state index in [9.17, 15) is 4.79 Å². The molecule has 62 valence electrons. The molecule has 0 fully saturated rings. The number of hydrogen-bond acceptors (Lipinski definition) is 5.